The van der Waals surface area contributed by atoms with Crippen LogP contribution in [0.4, 0.5) is 0 Å². The van der Waals surface area contributed by atoms with Crippen molar-refractivity contribution in [1.29, 1.82) is 0 Å². The molecule has 0 spiro atoms. The van der Waals surface area contributed by atoms with E-state index in [1.54, 1.807) is 48.6 Å². The number of ether oxygens (including phenoxy) is 6. The molecule has 3 aliphatic rings. The minimum absolute atomic E-state index is 0.00733. The van der Waals surface area contributed by atoms with Gasteiger partial charge >= 0.3 is 11.9 Å². The summed E-state index contributed by atoms with van der Waals surface area (Å²) in [5, 5.41) is 0. The third kappa shape index (κ3) is 4.91. The molecule has 0 radical (unpaired) electrons. The summed E-state index contributed by atoms with van der Waals surface area (Å²) in [7, 11) is 5.58. The first-order valence-corrected chi connectivity index (χ1v) is 14.4. The summed E-state index contributed by atoms with van der Waals surface area (Å²) in [5.74, 6) is -3.20. The van der Waals surface area contributed by atoms with Gasteiger partial charge in [-0.25, -0.2) is 4.79 Å². The quantitative estimate of drug-likeness (QED) is 0.369. The SMILES string of the molecule is COc1cc2c(c3c1C(=O)N(C)C3)C(=O)c1c(OC)c3c(c(OC)c1C2=O)COC3(CC(=O)OC(C)(C)C)C(=O)OC(C)(C)C. The lowest BCUT2D eigenvalue weighted by atomic mass is 9.76. The van der Waals surface area contributed by atoms with E-state index in [4.69, 9.17) is 28.4 Å². The van der Waals surface area contributed by atoms with E-state index in [1.807, 2.05) is 0 Å². The van der Waals surface area contributed by atoms with E-state index >= 15 is 0 Å². The lowest BCUT2D eigenvalue weighted by molar-refractivity contribution is -0.192. The van der Waals surface area contributed by atoms with Crippen LogP contribution >= 0.6 is 0 Å². The molecule has 2 aromatic carbocycles. The highest BCUT2D eigenvalue weighted by molar-refractivity contribution is 6.32. The van der Waals surface area contributed by atoms with Gasteiger partial charge < -0.3 is 33.3 Å². The Morgan fingerprint density at radius 2 is 1.42 bits per heavy atom. The monoisotopic (exact) mass is 623 g/mol. The van der Waals surface area contributed by atoms with Crippen LogP contribution in [0.5, 0.6) is 17.2 Å². The number of carbonyl (C=O) groups is 5. The molecule has 1 amide bonds. The predicted octanol–water partition coefficient (Wildman–Crippen LogP) is 3.87. The zero-order valence-corrected chi connectivity index (χ0v) is 27.1. The van der Waals surface area contributed by atoms with Gasteiger partial charge in [-0.1, -0.05) is 0 Å². The van der Waals surface area contributed by atoms with E-state index in [-0.39, 0.29) is 75.3 Å². The lowest BCUT2D eigenvalue weighted by Gasteiger charge is -2.33. The Kier molecular flexibility index (Phi) is 7.51. The average molecular weight is 624 g/mol. The Bertz CT molecular complexity index is 1690. The average Bonchev–Trinajstić information content (AvgIpc) is 3.45. The number of esters is 2. The summed E-state index contributed by atoms with van der Waals surface area (Å²) in [6, 6.07) is 1.39. The maximum absolute atomic E-state index is 14.6. The fourth-order valence-corrected chi connectivity index (χ4v) is 6.23. The molecule has 0 aromatic heterocycles. The number of fused-ring (bicyclic) bond motifs is 5. The molecule has 12 nitrogen and oxygen atoms in total. The van der Waals surface area contributed by atoms with Crippen molar-refractivity contribution in [3.05, 3.63) is 50.6 Å². The van der Waals surface area contributed by atoms with E-state index in [0.717, 1.165) is 0 Å². The first-order valence-electron chi connectivity index (χ1n) is 14.4. The third-order valence-electron chi connectivity index (χ3n) is 7.82. The fraction of sp³-hybridized carbons (Fsp3) is 0.485. The zero-order chi connectivity index (χ0) is 33.4. The van der Waals surface area contributed by atoms with E-state index in [1.165, 1.54) is 32.3 Å². The summed E-state index contributed by atoms with van der Waals surface area (Å²) >= 11 is 0. The van der Waals surface area contributed by atoms with Crippen molar-refractivity contribution in [3.63, 3.8) is 0 Å². The molecule has 12 heteroatoms. The fourth-order valence-electron chi connectivity index (χ4n) is 6.23. The Morgan fingerprint density at radius 1 is 0.822 bits per heavy atom. The van der Waals surface area contributed by atoms with Crippen LogP contribution in [0.2, 0.25) is 0 Å². The van der Waals surface area contributed by atoms with Crippen molar-refractivity contribution in [2.45, 2.75) is 77.9 Å². The van der Waals surface area contributed by atoms with Crippen LogP contribution in [0.15, 0.2) is 6.07 Å². The summed E-state index contributed by atoms with van der Waals surface area (Å²) in [6.07, 6.45) is -0.616. The van der Waals surface area contributed by atoms with Gasteiger partial charge in [0.25, 0.3) is 5.91 Å². The molecule has 0 saturated heterocycles. The van der Waals surface area contributed by atoms with Crippen LogP contribution in [0.1, 0.15) is 107 Å². The second-order valence-corrected chi connectivity index (χ2v) is 13.2. The standard InChI is InChI=1S/C33H37NO11/c1-31(2,3)44-19(35)12-33(30(39)45-32(4,5)6)24-17(14-43-33)27(41-9)22-23(28(24)42-10)26(37)20-15(25(22)36)11-18(40-8)21-16(20)13-34(7)29(21)38/h11H,12-14H2,1-10H3. The summed E-state index contributed by atoms with van der Waals surface area (Å²) in [6.45, 7) is 9.85. The normalized spacial score (nSPS) is 18.6. The minimum atomic E-state index is -2.11. The number of benzene rings is 2. The molecule has 0 bridgehead atoms. The van der Waals surface area contributed by atoms with Gasteiger partial charge in [-0.2, -0.15) is 0 Å². The van der Waals surface area contributed by atoms with Crippen molar-refractivity contribution in [3.8, 4) is 17.2 Å². The molecule has 1 atom stereocenters. The van der Waals surface area contributed by atoms with Gasteiger partial charge in [-0.05, 0) is 53.2 Å². The summed E-state index contributed by atoms with van der Waals surface area (Å²) < 4.78 is 34.6. The molecule has 0 saturated carbocycles. The molecule has 2 aromatic rings. The van der Waals surface area contributed by atoms with Crippen LogP contribution in [0.3, 0.4) is 0 Å². The van der Waals surface area contributed by atoms with Crippen LogP contribution in [-0.4, -0.2) is 73.9 Å². The smallest absolute Gasteiger partial charge is 0.344 e. The minimum Gasteiger partial charge on any atom is -0.496 e. The summed E-state index contributed by atoms with van der Waals surface area (Å²) in [4.78, 5) is 70.7. The lowest BCUT2D eigenvalue weighted by Crippen LogP contribution is -2.44. The van der Waals surface area contributed by atoms with Gasteiger partial charge in [0.2, 0.25) is 5.60 Å². The molecule has 0 N–H and O–H groups in total. The largest absolute Gasteiger partial charge is 0.496 e. The van der Waals surface area contributed by atoms with Gasteiger partial charge in [0.15, 0.2) is 11.6 Å². The Hall–Kier alpha value is -4.45. The molecule has 240 valence electrons. The highest BCUT2D eigenvalue weighted by atomic mass is 16.6. The van der Waals surface area contributed by atoms with Gasteiger partial charge in [0.1, 0.15) is 28.5 Å². The van der Waals surface area contributed by atoms with Crippen molar-refractivity contribution >= 4 is 29.4 Å². The molecule has 2 heterocycles. The van der Waals surface area contributed by atoms with Crippen molar-refractivity contribution in [1.82, 2.24) is 4.90 Å². The number of methoxy groups -OCH3 is 3. The highest BCUT2D eigenvalue weighted by Crippen LogP contribution is 2.55. The van der Waals surface area contributed by atoms with Crippen LogP contribution < -0.4 is 14.2 Å². The van der Waals surface area contributed by atoms with Crippen LogP contribution in [0, 0.1) is 0 Å². The molecule has 5 rings (SSSR count). The number of ketones is 2. The van der Waals surface area contributed by atoms with Gasteiger partial charge in [-0.3, -0.25) is 19.2 Å². The number of carbonyl (C=O) groups excluding carboxylic acids is 5. The van der Waals surface area contributed by atoms with Crippen molar-refractivity contribution in [2.75, 3.05) is 28.4 Å². The van der Waals surface area contributed by atoms with Gasteiger partial charge in [0, 0.05) is 35.8 Å². The number of rotatable bonds is 6. The number of nitrogens with zero attached hydrogens (tertiary/aromatic N) is 1. The molecule has 1 unspecified atom stereocenters. The topological polar surface area (TPSA) is 144 Å². The molecule has 1 aliphatic carbocycles. The van der Waals surface area contributed by atoms with E-state index in [0.29, 0.717) is 5.56 Å². The Labute approximate surface area is 260 Å². The summed E-state index contributed by atoms with van der Waals surface area (Å²) in [5.41, 5.74) is -3.39. The van der Waals surface area contributed by atoms with E-state index in [2.05, 4.69) is 0 Å². The predicted molar refractivity (Wildman–Crippen MR) is 158 cm³/mol. The van der Waals surface area contributed by atoms with Gasteiger partial charge in [-0.15, -0.1) is 0 Å². The molecule has 2 aliphatic heterocycles. The third-order valence-corrected chi connectivity index (χ3v) is 7.82. The Balaban J connectivity index is 1.83. The Morgan fingerprint density at radius 3 is 1.98 bits per heavy atom. The van der Waals surface area contributed by atoms with Crippen LogP contribution in [0.25, 0.3) is 0 Å². The molecular formula is C33H37NO11. The maximum Gasteiger partial charge on any atom is 0.344 e. The van der Waals surface area contributed by atoms with E-state index < -0.39 is 46.7 Å². The van der Waals surface area contributed by atoms with Crippen molar-refractivity contribution in [2.24, 2.45) is 0 Å². The first-order chi connectivity index (χ1) is 20.9. The second-order valence-electron chi connectivity index (χ2n) is 13.2. The molecule has 45 heavy (non-hydrogen) atoms. The van der Waals surface area contributed by atoms with Crippen LogP contribution in [-0.2, 0) is 42.6 Å². The van der Waals surface area contributed by atoms with Crippen molar-refractivity contribution < 1.29 is 52.4 Å². The first kappa shape index (κ1) is 32.0. The number of hydrogen-bond acceptors (Lipinski definition) is 11. The molecular weight excluding hydrogens is 586 g/mol. The number of amides is 1. The second kappa shape index (κ2) is 10.6. The highest BCUT2D eigenvalue weighted by Gasteiger charge is 2.57. The van der Waals surface area contributed by atoms with Gasteiger partial charge in [0.05, 0.1) is 51.0 Å². The number of hydrogen-bond donors (Lipinski definition) is 0. The zero-order valence-electron chi connectivity index (χ0n) is 27.1. The van der Waals surface area contributed by atoms with E-state index in [9.17, 15) is 24.0 Å². The maximum atomic E-state index is 14.6. The molecule has 0 fully saturated rings.